The molecule has 120 valence electrons. The molecule has 2 fully saturated rings. The molecule has 5 atom stereocenters. The van der Waals surface area contributed by atoms with Gasteiger partial charge >= 0.3 is 15.4 Å². The quantitative estimate of drug-likeness (QED) is 0.554. The van der Waals surface area contributed by atoms with Gasteiger partial charge < -0.3 is 15.2 Å². The van der Waals surface area contributed by atoms with Gasteiger partial charge in [0.05, 0.1) is 6.33 Å². The highest BCUT2D eigenvalue weighted by Crippen LogP contribution is 2.58. The van der Waals surface area contributed by atoms with Crippen LogP contribution in [0.1, 0.15) is 6.23 Å². The minimum absolute atomic E-state index is 0.117. The van der Waals surface area contributed by atoms with Crippen molar-refractivity contribution in [2.45, 2.75) is 24.5 Å². The maximum Gasteiger partial charge on any atom is 0.488 e. The van der Waals surface area contributed by atoms with Crippen molar-refractivity contribution in [1.29, 1.82) is 0 Å². The normalized spacial score (nSPS) is 37.1. The van der Waals surface area contributed by atoms with Crippen molar-refractivity contribution in [2.75, 3.05) is 19.5 Å². The molecule has 0 spiro atoms. The molecule has 0 aliphatic carbocycles. The number of fused-ring (bicyclic) bond motifs is 2. The van der Waals surface area contributed by atoms with Crippen LogP contribution in [-0.2, 0) is 18.5 Å². The predicted molar refractivity (Wildman–Crippen MR) is 80.2 cm³/mol. The summed E-state index contributed by atoms with van der Waals surface area (Å²) in [6.45, 7) is 0.117. The van der Waals surface area contributed by atoms with Crippen LogP contribution in [0.15, 0.2) is 12.7 Å². The zero-order valence-corrected chi connectivity index (χ0v) is 13.0. The SMILES string of the molecule is [B][P+]1(O)OC[C@H]2O[C@@H](n3cnc4c(N)ncnc43)C(OC)[C@H]2O1. The van der Waals surface area contributed by atoms with Gasteiger partial charge in [-0.1, -0.05) is 0 Å². The summed E-state index contributed by atoms with van der Waals surface area (Å²) in [5.41, 5.74) is 6.79. The number of methoxy groups -OCH3 is 1. The first-order valence-electron chi connectivity index (χ1n) is 6.85. The molecule has 4 rings (SSSR count). The molecule has 2 aliphatic heterocycles. The Hall–Kier alpha value is -1.36. The van der Waals surface area contributed by atoms with Crippen LogP contribution in [0.5, 0.6) is 0 Å². The number of aromatic nitrogens is 4. The molecule has 0 amide bonds. The molecule has 12 heteroatoms. The van der Waals surface area contributed by atoms with Crippen LogP contribution in [0.4, 0.5) is 5.82 Å². The van der Waals surface area contributed by atoms with E-state index >= 15 is 0 Å². The Morgan fingerprint density at radius 3 is 3.09 bits per heavy atom. The molecule has 2 saturated heterocycles. The monoisotopic (exact) mass is 338 g/mol. The summed E-state index contributed by atoms with van der Waals surface area (Å²) >= 11 is 0. The number of imidazole rings is 1. The van der Waals surface area contributed by atoms with E-state index in [4.69, 9.17) is 31.8 Å². The van der Waals surface area contributed by atoms with Crippen molar-refractivity contribution in [3.8, 4) is 0 Å². The van der Waals surface area contributed by atoms with Crippen LogP contribution in [0.25, 0.3) is 11.2 Å². The van der Waals surface area contributed by atoms with Crippen LogP contribution in [-0.4, -0.2) is 64.0 Å². The van der Waals surface area contributed by atoms with E-state index in [0.29, 0.717) is 11.2 Å². The molecule has 23 heavy (non-hydrogen) atoms. The highest BCUT2D eigenvalue weighted by atomic mass is 31.2. The summed E-state index contributed by atoms with van der Waals surface area (Å²) in [7, 11) is 3.76. The number of nitrogen functional groups attached to an aromatic ring is 1. The molecule has 4 heterocycles. The maximum atomic E-state index is 9.84. The molecule has 2 unspecified atom stereocenters. The van der Waals surface area contributed by atoms with Crippen LogP contribution in [0.2, 0.25) is 0 Å². The molecule has 0 aromatic carbocycles. The third-order valence-corrected chi connectivity index (χ3v) is 4.98. The van der Waals surface area contributed by atoms with Gasteiger partial charge in [0.1, 0.15) is 30.7 Å². The summed E-state index contributed by atoms with van der Waals surface area (Å²) in [5, 5.41) is 0. The second-order valence-electron chi connectivity index (χ2n) is 5.28. The lowest BCUT2D eigenvalue weighted by atomic mass is 10.1. The van der Waals surface area contributed by atoms with E-state index < -0.39 is 32.4 Å². The topological polar surface area (TPSA) is 127 Å². The molecule has 3 N–H and O–H groups in total. The fourth-order valence-corrected chi connectivity index (χ4v) is 3.91. The highest BCUT2D eigenvalue weighted by Gasteiger charge is 2.57. The number of nitrogens with two attached hydrogens (primary N) is 1. The predicted octanol–water partition coefficient (Wildman–Crippen LogP) is -0.425. The summed E-state index contributed by atoms with van der Waals surface area (Å²) in [4.78, 5) is 22.2. The fraction of sp³-hybridized carbons (Fsp3) is 0.545. The van der Waals surface area contributed by atoms with Crippen molar-refractivity contribution >= 4 is 32.4 Å². The molecule has 2 radical (unpaired) electrons. The zero-order valence-electron chi connectivity index (χ0n) is 12.1. The summed E-state index contributed by atoms with van der Waals surface area (Å²) in [6, 6.07) is 0. The van der Waals surface area contributed by atoms with Crippen molar-refractivity contribution in [3.05, 3.63) is 12.7 Å². The van der Waals surface area contributed by atoms with Gasteiger partial charge in [-0.05, 0) is 0 Å². The first kappa shape index (κ1) is 15.2. The van der Waals surface area contributed by atoms with E-state index in [1.807, 2.05) is 0 Å². The van der Waals surface area contributed by atoms with Crippen LogP contribution in [0, 0.1) is 0 Å². The maximum absolute atomic E-state index is 9.84. The molecule has 0 saturated carbocycles. The van der Waals surface area contributed by atoms with E-state index in [2.05, 4.69) is 15.0 Å². The van der Waals surface area contributed by atoms with Gasteiger partial charge in [0, 0.05) is 7.11 Å². The Balaban J connectivity index is 1.72. The van der Waals surface area contributed by atoms with Crippen LogP contribution >= 0.6 is 7.82 Å². The Morgan fingerprint density at radius 1 is 1.48 bits per heavy atom. The number of nitrogens with zero attached hydrogens (tertiary/aromatic N) is 4. The van der Waals surface area contributed by atoms with Gasteiger partial charge in [-0.2, -0.15) is 9.05 Å². The van der Waals surface area contributed by atoms with Gasteiger partial charge in [0.15, 0.2) is 23.8 Å². The number of ether oxygens (including phenoxy) is 2. The largest absolute Gasteiger partial charge is 0.488 e. The number of anilines is 1. The van der Waals surface area contributed by atoms with Gasteiger partial charge in [-0.25, -0.2) is 19.8 Å². The first-order chi connectivity index (χ1) is 11.0. The second kappa shape index (κ2) is 5.33. The molecular formula is C11H14BN5O5P+. The summed E-state index contributed by atoms with van der Waals surface area (Å²) in [5.74, 6) is 0.278. The average molecular weight is 338 g/mol. The Labute approximate surface area is 132 Å². The molecule has 2 aromatic rings. The average Bonchev–Trinajstić information content (AvgIpc) is 3.07. The lowest BCUT2D eigenvalue weighted by Gasteiger charge is -2.29. The molecule has 2 aromatic heterocycles. The van der Waals surface area contributed by atoms with E-state index in [-0.39, 0.29) is 12.4 Å². The zero-order chi connectivity index (χ0) is 16.2. The lowest BCUT2D eigenvalue weighted by Crippen LogP contribution is -2.41. The van der Waals surface area contributed by atoms with Gasteiger partial charge in [0.2, 0.25) is 0 Å². The minimum Gasteiger partial charge on any atom is -0.382 e. The summed E-state index contributed by atoms with van der Waals surface area (Å²) < 4.78 is 23.7. The van der Waals surface area contributed by atoms with Crippen LogP contribution in [0.3, 0.4) is 0 Å². The Bertz CT molecular complexity index is 745. The Morgan fingerprint density at radius 2 is 2.30 bits per heavy atom. The first-order valence-corrected chi connectivity index (χ1v) is 8.49. The third-order valence-electron chi connectivity index (χ3n) is 3.92. The second-order valence-corrected chi connectivity index (χ2v) is 6.88. The summed E-state index contributed by atoms with van der Waals surface area (Å²) in [6.07, 6.45) is 0.824. The van der Waals surface area contributed by atoms with Crippen molar-refractivity contribution in [2.24, 2.45) is 0 Å². The van der Waals surface area contributed by atoms with E-state index in [1.54, 1.807) is 10.9 Å². The highest BCUT2D eigenvalue weighted by molar-refractivity contribution is 7.85. The molecule has 10 nitrogen and oxygen atoms in total. The fourth-order valence-electron chi connectivity index (χ4n) is 2.89. The van der Waals surface area contributed by atoms with Crippen molar-refractivity contribution in [1.82, 2.24) is 19.5 Å². The van der Waals surface area contributed by atoms with Crippen molar-refractivity contribution in [3.63, 3.8) is 0 Å². The van der Waals surface area contributed by atoms with Gasteiger partial charge in [-0.3, -0.25) is 4.57 Å². The van der Waals surface area contributed by atoms with E-state index in [0.717, 1.165) is 0 Å². The van der Waals surface area contributed by atoms with Crippen LogP contribution < -0.4 is 5.73 Å². The number of rotatable bonds is 2. The van der Waals surface area contributed by atoms with Gasteiger partial charge in [-0.15, -0.1) is 0 Å². The number of hydrogen-bond acceptors (Lipinski definition) is 9. The Kier molecular flexibility index (Phi) is 3.52. The molecular weight excluding hydrogens is 324 g/mol. The lowest BCUT2D eigenvalue weighted by molar-refractivity contribution is -0.0617. The van der Waals surface area contributed by atoms with Crippen molar-refractivity contribution < 1.29 is 23.4 Å². The standard InChI is InChI=1S/C11H14BN5O5P/c1-19-8-7-5(2-20-23(12,18)22-7)21-11(8)17-4-16-6-9(13)14-3-15-10(6)17/h3-5,7-8,11,18H,2H2,1H3,(H2,13,14,15)/q+1/t5-,7+,8?,11-,23?/m1/s1. The molecule has 2 aliphatic rings. The van der Waals surface area contributed by atoms with Gasteiger partial charge in [0.25, 0.3) is 0 Å². The smallest absolute Gasteiger partial charge is 0.382 e. The number of hydrogen-bond donors (Lipinski definition) is 2. The van der Waals surface area contributed by atoms with E-state index in [1.165, 1.54) is 13.4 Å². The minimum atomic E-state index is -3.35. The molecule has 0 bridgehead atoms. The van der Waals surface area contributed by atoms with E-state index in [9.17, 15) is 4.89 Å². The third kappa shape index (κ3) is 2.40.